The monoisotopic (exact) mass is 465 g/mol. The number of halogens is 3. The SMILES string of the molecule is [C-]#[N+]c1ccc(-n2nccc2-c2c(C)n(-c3cccc(C(F)(F)F)c3)c(=O)n(CC)c2=O)cc1. The maximum absolute atomic E-state index is 13.3. The van der Waals surface area contributed by atoms with Crippen molar-refractivity contribution in [2.24, 2.45) is 0 Å². The lowest BCUT2D eigenvalue weighted by Crippen LogP contribution is -2.41. The highest BCUT2D eigenvalue weighted by Crippen LogP contribution is 2.31. The van der Waals surface area contributed by atoms with E-state index >= 15 is 0 Å². The quantitative estimate of drug-likeness (QED) is 0.409. The Morgan fingerprint density at radius 3 is 2.35 bits per heavy atom. The van der Waals surface area contributed by atoms with E-state index in [1.807, 2.05) is 0 Å². The van der Waals surface area contributed by atoms with Crippen LogP contribution in [0.1, 0.15) is 18.2 Å². The van der Waals surface area contributed by atoms with E-state index in [-0.39, 0.29) is 23.5 Å². The highest BCUT2D eigenvalue weighted by atomic mass is 19.4. The van der Waals surface area contributed by atoms with Crippen LogP contribution in [-0.4, -0.2) is 18.9 Å². The lowest BCUT2D eigenvalue weighted by atomic mass is 10.1. The first kappa shape index (κ1) is 22.8. The van der Waals surface area contributed by atoms with Gasteiger partial charge in [0.25, 0.3) is 5.56 Å². The molecule has 172 valence electrons. The molecule has 2 aromatic carbocycles. The first-order valence-electron chi connectivity index (χ1n) is 10.2. The number of hydrogen-bond donors (Lipinski definition) is 0. The molecule has 0 atom stereocenters. The van der Waals surface area contributed by atoms with Crippen LogP contribution in [0.2, 0.25) is 0 Å². The van der Waals surface area contributed by atoms with Crippen LogP contribution in [-0.2, 0) is 12.7 Å². The molecule has 0 fully saturated rings. The molecule has 0 radical (unpaired) electrons. The normalized spacial score (nSPS) is 11.4. The topological polar surface area (TPSA) is 66.2 Å². The number of rotatable bonds is 4. The van der Waals surface area contributed by atoms with E-state index in [1.165, 1.54) is 29.9 Å². The molecule has 34 heavy (non-hydrogen) atoms. The van der Waals surface area contributed by atoms with Gasteiger partial charge in [-0.3, -0.25) is 13.9 Å². The number of hydrogen-bond acceptors (Lipinski definition) is 3. The number of nitrogens with zero attached hydrogens (tertiary/aromatic N) is 5. The third-order valence-electron chi connectivity index (χ3n) is 5.45. The Morgan fingerprint density at radius 2 is 1.74 bits per heavy atom. The smallest absolute Gasteiger partial charge is 0.268 e. The van der Waals surface area contributed by atoms with Crippen molar-refractivity contribution in [1.29, 1.82) is 0 Å². The van der Waals surface area contributed by atoms with E-state index in [9.17, 15) is 22.8 Å². The van der Waals surface area contributed by atoms with Crippen molar-refractivity contribution in [3.8, 4) is 22.6 Å². The maximum Gasteiger partial charge on any atom is 0.416 e. The Morgan fingerprint density at radius 1 is 1.03 bits per heavy atom. The molecule has 0 saturated heterocycles. The Labute approximate surface area is 191 Å². The summed E-state index contributed by atoms with van der Waals surface area (Å²) in [5.74, 6) is 0. The van der Waals surface area contributed by atoms with Gasteiger partial charge in [0.2, 0.25) is 0 Å². The van der Waals surface area contributed by atoms with Crippen LogP contribution in [0, 0.1) is 13.5 Å². The van der Waals surface area contributed by atoms with Crippen LogP contribution in [0.4, 0.5) is 18.9 Å². The molecule has 7 nitrogen and oxygen atoms in total. The second kappa shape index (κ2) is 8.51. The zero-order valence-corrected chi connectivity index (χ0v) is 18.2. The van der Waals surface area contributed by atoms with Gasteiger partial charge in [-0.2, -0.15) is 18.3 Å². The van der Waals surface area contributed by atoms with Crippen molar-refractivity contribution in [3.63, 3.8) is 0 Å². The molecule has 0 bridgehead atoms. The van der Waals surface area contributed by atoms with E-state index in [1.54, 1.807) is 37.3 Å². The lowest BCUT2D eigenvalue weighted by Gasteiger charge is -2.18. The fraction of sp³-hybridized carbons (Fsp3) is 0.167. The van der Waals surface area contributed by atoms with Gasteiger partial charge in [-0.15, -0.1) is 0 Å². The predicted octanol–water partition coefficient (Wildman–Crippen LogP) is 4.75. The van der Waals surface area contributed by atoms with Crippen LogP contribution in [0.25, 0.3) is 27.5 Å². The number of benzene rings is 2. The van der Waals surface area contributed by atoms with Crippen LogP contribution in [0.15, 0.2) is 70.4 Å². The fourth-order valence-electron chi connectivity index (χ4n) is 3.82. The zero-order valence-electron chi connectivity index (χ0n) is 18.2. The molecule has 0 amide bonds. The van der Waals surface area contributed by atoms with E-state index in [0.717, 1.165) is 21.3 Å². The summed E-state index contributed by atoms with van der Waals surface area (Å²) in [5, 5.41) is 4.28. The fourth-order valence-corrected chi connectivity index (χ4v) is 3.82. The first-order chi connectivity index (χ1) is 16.2. The molecular weight excluding hydrogens is 447 g/mol. The molecule has 0 aliphatic rings. The van der Waals surface area contributed by atoms with Crippen LogP contribution in [0.5, 0.6) is 0 Å². The average molecular weight is 465 g/mol. The first-order valence-corrected chi connectivity index (χ1v) is 10.2. The Balaban J connectivity index is 2.01. The van der Waals surface area contributed by atoms with Crippen molar-refractivity contribution in [3.05, 3.63) is 104 Å². The minimum atomic E-state index is -4.59. The summed E-state index contributed by atoms with van der Waals surface area (Å²) in [7, 11) is 0. The molecular formula is C24H18F3N5O2. The summed E-state index contributed by atoms with van der Waals surface area (Å²) >= 11 is 0. The van der Waals surface area contributed by atoms with Gasteiger partial charge in [0.15, 0.2) is 5.69 Å². The molecule has 10 heteroatoms. The van der Waals surface area contributed by atoms with Crippen molar-refractivity contribution < 1.29 is 13.2 Å². The Kier molecular flexibility index (Phi) is 5.71. The second-order valence-corrected chi connectivity index (χ2v) is 7.43. The van der Waals surface area contributed by atoms with Gasteiger partial charge in [0.1, 0.15) is 0 Å². The highest BCUT2D eigenvalue weighted by molar-refractivity contribution is 5.65. The molecule has 0 unspecified atom stereocenters. The van der Waals surface area contributed by atoms with Gasteiger partial charge in [-0.1, -0.05) is 18.2 Å². The summed E-state index contributed by atoms with van der Waals surface area (Å²) in [6.07, 6.45) is -3.11. The van der Waals surface area contributed by atoms with Crippen LogP contribution >= 0.6 is 0 Å². The van der Waals surface area contributed by atoms with Crippen LogP contribution in [0.3, 0.4) is 0 Å². The van der Waals surface area contributed by atoms with E-state index in [0.29, 0.717) is 17.1 Å². The standard InChI is InChI=1S/C24H18F3N5O2/c1-4-30-22(33)21(20-12-13-29-32(20)18-10-8-17(28-3)9-11-18)15(2)31(23(30)34)19-7-5-6-16(14-19)24(25,26)27/h5-14H,4H2,1-2H3. The molecule has 4 aromatic rings. The van der Waals surface area contributed by atoms with E-state index in [4.69, 9.17) is 6.57 Å². The average Bonchev–Trinajstić information content (AvgIpc) is 3.28. The minimum Gasteiger partial charge on any atom is -0.268 e. The lowest BCUT2D eigenvalue weighted by molar-refractivity contribution is -0.137. The largest absolute Gasteiger partial charge is 0.416 e. The Hall–Kier alpha value is -4.39. The molecule has 0 aliphatic heterocycles. The van der Waals surface area contributed by atoms with Gasteiger partial charge in [0.05, 0.1) is 41.0 Å². The minimum absolute atomic E-state index is 0.00625. The zero-order chi connectivity index (χ0) is 24.6. The predicted molar refractivity (Wildman–Crippen MR) is 121 cm³/mol. The molecule has 0 aliphatic carbocycles. The molecule has 0 spiro atoms. The van der Waals surface area contributed by atoms with Gasteiger partial charge >= 0.3 is 11.9 Å². The van der Waals surface area contributed by atoms with E-state index < -0.39 is 23.0 Å². The summed E-state index contributed by atoms with van der Waals surface area (Å²) in [4.78, 5) is 29.8. The van der Waals surface area contributed by atoms with Crippen LogP contribution < -0.4 is 11.2 Å². The van der Waals surface area contributed by atoms with Crippen molar-refractivity contribution in [2.45, 2.75) is 26.6 Å². The molecule has 0 saturated carbocycles. The third-order valence-corrected chi connectivity index (χ3v) is 5.45. The van der Waals surface area contributed by atoms with Gasteiger partial charge in [-0.25, -0.2) is 14.3 Å². The Bertz CT molecular complexity index is 1540. The molecule has 2 heterocycles. The van der Waals surface area contributed by atoms with Crippen molar-refractivity contribution in [2.75, 3.05) is 0 Å². The summed E-state index contributed by atoms with van der Waals surface area (Å²) in [6, 6.07) is 12.5. The summed E-state index contributed by atoms with van der Waals surface area (Å²) in [5.41, 5.74) is -0.546. The summed E-state index contributed by atoms with van der Waals surface area (Å²) < 4.78 is 43.5. The summed E-state index contributed by atoms with van der Waals surface area (Å²) in [6.45, 7) is 10.2. The number of alkyl halides is 3. The number of aromatic nitrogens is 4. The van der Waals surface area contributed by atoms with Crippen molar-refractivity contribution >= 4 is 5.69 Å². The van der Waals surface area contributed by atoms with Gasteiger partial charge in [-0.05, 0) is 50.2 Å². The second-order valence-electron chi connectivity index (χ2n) is 7.43. The van der Waals surface area contributed by atoms with Gasteiger partial charge < -0.3 is 0 Å². The van der Waals surface area contributed by atoms with Gasteiger partial charge in [0, 0.05) is 12.2 Å². The molecule has 2 aromatic heterocycles. The third kappa shape index (κ3) is 3.81. The molecule has 0 N–H and O–H groups in total. The van der Waals surface area contributed by atoms with E-state index in [2.05, 4.69) is 9.94 Å². The van der Waals surface area contributed by atoms with Crippen molar-refractivity contribution in [1.82, 2.24) is 18.9 Å². The molecule has 4 rings (SSSR count). The maximum atomic E-state index is 13.3. The highest BCUT2D eigenvalue weighted by Gasteiger charge is 2.31.